The minimum atomic E-state index is -0.877. The van der Waals surface area contributed by atoms with Crippen molar-refractivity contribution in [2.45, 2.75) is 6.92 Å². The van der Waals surface area contributed by atoms with Crippen molar-refractivity contribution in [3.05, 3.63) is 27.2 Å². The van der Waals surface area contributed by atoms with Gasteiger partial charge >= 0.3 is 6.03 Å². The lowest BCUT2D eigenvalue weighted by Crippen LogP contribution is -2.38. The monoisotopic (exact) mass is 319 g/mol. The van der Waals surface area contributed by atoms with Crippen LogP contribution in [0.1, 0.15) is 5.56 Å². The van der Waals surface area contributed by atoms with Crippen molar-refractivity contribution in [2.24, 2.45) is 5.73 Å². The first-order chi connectivity index (χ1) is 7.90. The maximum absolute atomic E-state index is 11.2. The average Bonchev–Trinajstić information content (AvgIpc) is 2.20. The zero-order valence-electron chi connectivity index (χ0n) is 9.01. The lowest BCUT2D eigenvalue weighted by Gasteiger charge is -2.09. The van der Waals surface area contributed by atoms with Gasteiger partial charge in [0.05, 0.1) is 12.2 Å². The highest BCUT2D eigenvalue weighted by atomic mass is 79.9. The molecule has 1 aromatic carbocycles. The Labute approximate surface area is 112 Å². The van der Waals surface area contributed by atoms with Gasteiger partial charge < -0.3 is 11.1 Å². The third-order valence-corrected chi connectivity index (χ3v) is 3.01. The topological polar surface area (TPSA) is 84.2 Å². The van der Waals surface area contributed by atoms with Crippen molar-refractivity contribution in [3.63, 3.8) is 0 Å². The second kappa shape index (κ2) is 5.88. The van der Waals surface area contributed by atoms with Crippen LogP contribution >= 0.6 is 27.5 Å². The number of carbonyl (C=O) groups is 2. The molecule has 17 heavy (non-hydrogen) atoms. The van der Waals surface area contributed by atoms with Crippen molar-refractivity contribution in [2.75, 3.05) is 11.9 Å². The van der Waals surface area contributed by atoms with Crippen LogP contribution in [0.15, 0.2) is 16.6 Å². The van der Waals surface area contributed by atoms with E-state index in [0.29, 0.717) is 10.7 Å². The summed E-state index contributed by atoms with van der Waals surface area (Å²) in [6.45, 7) is 1.80. The van der Waals surface area contributed by atoms with E-state index in [0.717, 1.165) is 10.0 Å². The number of imide groups is 1. The molecule has 0 heterocycles. The number of carbonyl (C=O) groups excluding carboxylic acids is 2. The standard InChI is InChI=1S/C10H11BrClN3O2/c1-5-2-6(11)8(3-7(5)12)14-4-9(16)15-10(13)17/h2-3,14H,4H2,1H3,(H3,13,15,16,17). The van der Waals surface area contributed by atoms with Crippen molar-refractivity contribution < 1.29 is 9.59 Å². The number of primary amides is 1. The lowest BCUT2D eigenvalue weighted by molar-refractivity contribution is -0.118. The molecule has 5 nitrogen and oxygen atoms in total. The van der Waals surface area contributed by atoms with Gasteiger partial charge in [0.15, 0.2) is 0 Å². The second-order valence-electron chi connectivity index (χ2n) is 3.35. The highest BCUT2D eigenvalue weighted by Crippen LogP contribution is 2.28. The Morgan fingerprint density at radius 2 is 2.12 bits per heavy atom. The fraction of sp³-hybridized carbons (Fsp3) is 0.200. The number of benzene rings is 1. The van der Waals surface area contributed by atoms with Crippen molar-refractivity contribution >= 4 is 45.2 Å². The highest BCUT2D eigenvalue weighted by Gasteiger charge is 2.07. The molecule has 0 bridgehead atoms. The van der Waals surface area contributed by atoms with E-state index in [1.54, 1.807) is 6.07 Å². The summed E-state index contributed by atoms with van der Waals surface area (Å²) in [5.74, 6) is -0.513. The number of amides is 3. The molecule has 0 aromatic heterocycles. The first kappa shape index (κ1) is 13.8. The number of aryl methyl sites for hydroxylation is 1. The van der Waals surface area contributed by atoms with Crippen LogP contribution in [0.4, 0.5) is 10.5 Å². The number of nitrogens with two attached hydrogens (primary N) is 1. The molecule has 0 aliphatic heterocycles. The van der Waals surface area contributed by atoms with E-state index in [9.17, 15) is 9.59 Å². The predicted molar refractivity (Wildman–Crippen MR) is 70.1 cm³/mol. The number of anilines is 1. The van der Waals surface area contributed by atoms with Gasteiger partial charge in [-0.25, -0.2) is 4.79 Å². The van der Waals surface area contributed by atoms with Crippen LogP contribution in [0.5, 0.6) is 0 Å². The molecule has 7 heteroatoms. The van der Waals surface area contributed by atoms with E-state index in [2.05, 4.69) is 21.2 Å². The first-order valence-electron chi connectivity index (χ1n) is 4.69. The summed E-state index contributed by atoms with van der Waals surface area (Å²) in [6, 6.07) is 2.65. The van der Waals surface area contributed by atoms with Crippen molar-refractivity contribution in [3.8, 4) is 0 Å². The molecule has 0 spiro atoms. The largest absolute Gasteiger partial charge is 0.375 e. The molecule has 0 aliphatic carbocycles. The number of rotatable bonds is 3. The summed E-state index contributed by atoms with van der Waals surface area (Å²) in [5, 5.41) is 5.37. The Balaban J connectivity index is 2.66. The fourth-order valence-corrected chi connectivity index (χ4v) is 1.90. The van der Waals surface area contributed by atoms with Gasteiger partial charge in [0.1, 0.15) is 0 Å². The molecule has 3 amide bonds. The van der Waals surface area contributed by atoms with Crippen LogP contribution in [0.2, 0.25) is 5.02 Å². The number of halogens is 2. The SMILES string of the molecule is Cc1cc(Br)c(NCC(=O)NC(N)=O)cc1Cl. The van der Waals surface area contributed by atoms with E-state index in [1.807, 2.05) is 18.3 Å². The number of hydrogen-bond donors (Lipinski definition) is 3. The van der Waals surface area contributed by atoms with E-state index in [1.165, 1.54) is 0 Å². The fourth-order valence-electron chi connectivity index (χ4n) is 1.14. The van der Waals surface area contributed by atoms with Gasteiger partial charge in [0, 0.05) is 9.50 Å². The summed E-state index contributed by atoms with van der Waals surface area (Å²) in [4.78, 5) is 21.6. The molecule has 0 saturated carbocycles. The molecule has 0 fully saturated rings. The van der Waals surface area contributed by atoms with Crippen LogP contribution in [-0.4, -0.2) is 18.5 Å². The van der Waals surface area contributed by atoms with Gasteiger partial charge in [-0.1, -0.05) is 11.6 Å². The average molecular weight is 321 g/mol. The molecule has 0 aliphatic rings. The minimum Gasteiger partial charge on any atom is -0.375 e. The van der Waals surface area contributed by atoms with E-state index >= 15 is 0 Å². The molecule has 0 saturated heterocycles. The van der Waals surface area contributed by atoms with Crippen molar-refractivity contribution in [1.82, 2.24) is 5.32 Å². The highest BCUT2D eigenvalue weighted by molar-refractivity contribution is 9.10. The smallest absolute Gasteiger partial charge is 0.318 e. The lowest BCUT2D eigenvalue weighted by atomic mass is 10.2. The van der Waals surface area contributed by atoms with Crippen molar-refractivity contribution in [1.29, 1.82) is 0 Å². The summed E-state index contributed by atoms with van der Waals surface area (Å²) in [6.07, 6.45) is 0. The Hall–Kier alpha value is -1.27. The third-order valence-electron chi connectivity index (χ3n) is 1.95. The molecule has 92 valence electrons. The van der Waals surface area contributed by atoms with Gasteiger partial charge in [-0.05, 0) is 40.5 Å². The Kier molecular flexibility index (Phi) is 4.77. The minimum absolute atomic E-state index is 0.0685. The van der Waals surface area contributed by atoms with E-state index in [-0.39, 0.29) is 6.54 Å². The molecule has 0 radical (unpaired) electrons. The summed E-state index contributed by atoms with van der Waals surface area (Å²) in [7, 11) is 0. The molecule has 0 unspecified atom stereocenters. The van der Waals surface area contributed by atoms with Gasteiger partial charge in [-0.15, -0.1) is 0 Å². The summed E-state index contributed by atoms with van der Waals surface area (Å²) < 4.78 is 0.784. The summed E-state index contributed by atoms with van der Waals surface area (Å²) >= 11 is 9.29. The molecular formula is C10H11BrClN3O2. The van der Waals surface area contributed by atoms with Crippen LogP contribution in [-0.2, 0) is 4.79 Å². The van der Waals surface area contributed by atoms with Crippen LogP contribution in [0.25, 0.3) is 0 Å². The second-order valence-corrected chi connectivity index (χ2v) is 4.61. The van der Waals surface area contributed by atoms with E-state index in [4.69, 9.17) is 17.3 Å². The molecule has 1 aromatic rings. The molecule has 4 N–H and O–H groups in total. The first-order valence-corrected chi connectivity index (χ1v) is 5.86. The van der Waals surface area contributed by atoms with Crippen LogP contribution < -0.4 is 16.4 Å². The normalized spacial score (nSPS) is 9.82. The Bertz CT molecular complexity index is 465. The van der Waals surface area contributed by atoms with Crippen LogP contribution in [0, 0.1) is 6.92 Å². The molecular weight excluding hydrogens is 309 g/mol. The molecule has 0 atom stereocenters. The zero-order valence-corrected chi connectivity index (χ0v) is 11.4. The maximum atomic E-state index is 11.2. The number of hydrogen-bond acceptors (Lipinski definition) is 3. The zero-order chi connectivity index (χ0) is 13.0. The van der Waals surface area contributed by atoms with E-state index < -0.39 is 11.9 Å². The van der Waals surface area contributed by atoms with Crippen LogP contribution in [0.3, 0.4) is 0 Å². The Morgan fingerprint density at radius 3 is 2.71 bits per heavy atom. The quantitative estimate of drug-likeness (QED) is 0.796. The third kappa shape index (κ3) is 4.24. The van der Waals surface area contributed by atoms with Gasteiger partial charge in [0.2, 0.25) is 5.91 Å². The number of nitrogens with one attached hydrogen (secondary N) is 2. The van der Waals surface area contributed by atoms with Gasteiger partial charge in [-0.2, -0.15) is 0 Å². The Morgan fingerprint density at radius 1 is 1.47 bits per heavy atom. The maximum Gasteiger partial charge on any atom is 0.318 e. The van der Waals surface area contributed by atoms with Gasteiger partial charge in [-0.3, -0.25) is 10.1 Å². The number of urea groups is 1. The van der Waals surface area contributed by atoms with Gasteiger partial charge in [0.25, 0.3) is 0 Å². The summed E-state index contributed by atoms with van der Waals surface area (Å²) in [5.41, 5.74) is 6.40. The predicted octanol–water partition coefficient (Wildman–Crippen LogP) is 2.02. The molecule has 1 rings (SSSR count).